The van der Waals surface area contributed by atoms with E-state index in [1.165, 1.54) is 6.07 Å². The van der Waals surface area contributed by atoms with Gasteiger partial charge < -0.3 is 0 Å². The summed E-state index contributed by atoms with van der Waals surface area (Å²) < 4.78 is 40.5. The van der Waals surface area contributed by atoms with Crippen molar-refractivity contribution in [3.63, 3.8) is 0 Å². The molecule has 0 bridgehead atoms. The maximum atomic E-state index is 13.1. The molecular formula is C12H5Br2Cl2F3S. The van der Waals surface area contributed by atoms with Gasteiger partial charge in [-0.3, -0.25) is 0 Å². The first kappa shape index (κ1) is 16.6. The van der Waals surface area contributed by atoms with Crippen LogP contribution in [0.5, 0.6) is 0 Å². The fourth-order valence-corrected chi connectivity index (χ4v) is 4.63. The molecule has 20 heavy (non-hydrogen) atoms. The Balaban J connectivity index is 2.55. The smallest absolute Gasteiger partial charge is 0.166 e. The van der Waals surface area contributed by atoms with Gasteiger partial charge in [0, 0.05) is 10.0 Å². The third-order valence-electron chi connectivity index (χ3n) is 2.55. The Morgan fingerprint density at radius 2 is 1.75 bits per heavy atom. The number of benzene rings is 1. The molecule has 0 amide bonds. The van der Waals surface area contributed by atoms with Crippen molar-refractivity contribution in [3.05, 3.63) is 54.1 Å². The van der Waals surface area contributed by atoms with Gasteiger partial charge in [-0.2, -0.15) is 13.2 Å². The molecule has 0 N–H and O–H groups in total. The van der Waals surface area contributed by atoms with Gasteiger partial charge in [0.05, 0.1) is 19.1 Å². The van der Waals surface area contributed by atoms with Crippen LogP contribution >= 0.6 is 66.4 Å². The normalized spacial score (nSPS) is 13.6. The molecule has 108 valence electrons. The lowest BCUT2D eigenvalue weighted by atomic mass is 10.0. The molecule has 0 aliphatic rings. The topological polar surface area (TPSA) is 0 Å². The van der Waals surface area contributed by atoms with Crippen molar-refractivity contribution in [2.45, 2.75) is 11.0 Å². The first-order valence-corrected chi connectivity index (χ1v) is 8.43. The Morgan fingerprint density at radius 1 is 1.10 bits per heavy atom. The van der Waals surface area contributed by atoms with Crippen LogP contribution in [-0.2, 0) is 6.18 Å². The standard InChI is InChI=1S/C12H5Br2Cl2F3S/c13-5-1-2-6(8(3-5)12(17,18)19)10(14)7-4-9(15)20-11(7)16/h1-4,10H. The van der Waals surface area contributed by atoms with Gasteiger partial charge >= 0.3 is 6.18 Å². The average Bonchev–Trinajstić information content (AvgIpc) is 2.66. The summed E-state index contributed by atoms with van der Waals surface area (Å²) in [6, 6.07) is 5.58. The van der Waals surface area contributed by atoms with Crippen molar-refractivity contribution < 1.29 is 13.2 Å². The highest BCUT2D eigenvalue weighted by Gasteiger charge is 2.35. The molecule has 0 aliphatic heterocycles. The summed E-state index contributed by atoms with van der Waals surface area (Å²) in [6.45, 7) is 0. The summed E-state index contributed by atoms with van der Waals surface area (Å²) in [7, 11) is 0. The Hall–Kier alpha value is 0.250. The lowest BCUT2D eigenvalue weighted by Crippen LogP contribution is -2.10. The zero-order chi connectivity index (χ0) is 15.1. The highest BCUT2D eigenvalue weighted by molar-refractivity contribution is 9.10. The summed E-state index contributed by atoms with van der Waals surface area (Å²) in [6.07, 6.45) is -4.45. The van der Waals surface area contributed by atoms with E-state index in [-0.39, 0.29) is 5.56 Å². The van der Waals surface area contributed by atoms with Crippen molar-refractivity contribution in [1.29, 1.82) is 0 Å². The fraction of sp³-hybridized carbons (Fsp3) is 0.167. The van der Waals surface area contributed by atoms with Crippen molar-refractivity contribution in [2.24, 2.45) is 0 Å². The van der Waals surface area contributed by atoms with E-state index in [2.05, 4.69) is 31.9 Å². The van der Waals surface area contributed by atoms with Gasteiger partial charge in [-0.1, -0.05) is 61.1 Å². The number of rotatable bonds is 2. The average molecular weight is 469 g/mol. The Morgan fingerprint density at radius 3 is 2.25 bits per heavy atom. The number of alkyl halides is 4. The summed E-state index contributed by atoms with van der Waals surface area (Å²) >= 11 is 19.3. The van der Waals surface area contributed by atoms with Gasteiger partial charge in [0.15, 0.2) is 0 Å². The van der Waals surface area contributed by atoms with Gasteiger partial charge in [0.25, 0.3) is 0 Å². The minimum Gasteiger partial charge on any atom is -0.166 e. The summed E-state index contributed by atoms with van der Waals surface area (Å²) in [5.74, 6) is 0. The van der Waals surface area contributed by atoms with Crippen molar-refractivity contribution in [2.75, 3.05) is 0 Å². The van der Waals surface area contributed by atoms with E-state index in [1.807, 2.05) is 0 Å². The number of halogens is 7. The molecule has 1 aromatic carbocycles. The SMILES string of the molecule is FC(F)(F)c1cc(Br)ccc1C(Br)c1cc(Cl)sc1Cl. The van der Waals surface area contributed by atoms with Crippen LogP contribution in [0.1, 0.15) is 21.5 Å². The van der Waals surface area contributed by atoms with Crippen molar-refractivity contribution in [1.82, 2.24) is 0 Å². The van der Waals surface area contributed by atoms with Gasteiger partial charge in [0.1, 0.15) is 0 Å². The lowest BCUT2D eigenvalue weighted by molar-refractivity contribution is -0.138. The van der Waals surface area contributed by atoms with E-state index in [9.17, 15) is 13.2 Å². The molecule has 2 aromatic rings. The van der Waals surface area contributed by atoms with E-state index >= 15 is 0 Å². The maximum Gasteiger partial charge on any atom is 0.416 e. The van der Waals surface area contributed by atoms with E-state index in [1.54, 1.807) is 12.1 Å². The zero-order valence-corrected chi connectivity index (χ0v) is 14.9. The highest BCUT2D eigenvalue weighted by Crippen LogP contribution is 2.45. The Bertz CT molecular complexity index is 640. The zero-order valence-electron chi connectivity index (χ0n) is 9.44. The fourth-order valence-electron chi connectivity index (χ4n) is 1.69. The van der Waals surface area contributed by atoms with Crippen LogP contribution in [0, 0.1) is 0 Å². The van der Waals surface area contributed by atoms with Crippen LogP contribution in [-0.4, -0.2) is 0 Å². The van der Waals surface area contributed by atoms with Crippen LogP contribution < -0.4 is 0 Å². The van der Waals surface area contributed by atoms with Gasteiger partial charge in [-0.15, -0.1) is 11.3 Å². The molecule has 0 saturated heterocycles. The minimum absolute atomic E-state index is 0.0945. The van der Waals surface area contributed by atoms with Crippen molar-refractivity contribution >= 4 is 66.4 Å². The van der Waals surface area contributed by atoms with Crippen LogP contribution in [0.2, 0.25) is 8.67 Å². The molecule has 1 atom stereocenters. The van der Waals surface area contributed by atoms with Crippen LogP contribution in [0.4, 0.5) is 13.2 Å². The maximum absolute atomic E-state index is 13.1. The quantitative estimate of drug-likeness (QED) is 0.405. The summed E-state index contributed by atoms with van der Waals surface area (Å²) in [5.41, 5.74) is -0.0984. The molecule has 0 fully saturated rings. The largest absolute Gasteiger partial charge is 0.416 e. The Labute approximate surface area is 144 Å². The predicted octanol–water partition coefficient (Wildman–Crippen LogP) is 7.32. The third kappa shape index (κ3) is 3.53. The molecule has 0 nitrogen and oxygen atoms in total. The third-order valence-corrected chi connectivity index (χ3v) is 5.55. The molecular weight excluding hydrogens is 464 g/mol. The molecule has 0 aliphatic carbocycles. The van der Waals surface area contributed by atoms with Crippen LogP contribution in [0.25, 0.3) is 0 Å². The van der Waals surface area contributed by atoms with Crippen LogP contribution in [0.3, 0.4) is 0 Å². The predicted molar refractivity (Wildman–Crippen MR) is 84.3 cm³/mol. The number of hydrogen-bond donors (Lipinski definition) is 0. The molecule has 2 rings (SSSR count). The summed E-state index contributed by atoms with van der Waals surface area (Å²) in [4.78, 5) is -0.677. The van der Waals surface area contributed by atoms with E-state index in [0.717, 1.165) is 17.4 Å². The van der Waals surface area contributed by atoms with Crippen LogP contribution in [0.15, 0.2) is 28.7 Å². The minimum atomic E-state index is -4.45. The van der Waals surface area contributed by atoms with E-state index in [4.69, 9.17) is 23.2 Å². The molecule has 8 heteroatoms. The molecule has 0 radical (unpaired) electrons. The van der Waals surface area contributed by atoms with E-state index < -0.39 is 16.6 Å². The Kier molecular flexibility index (Phi) is 5.12. The molecule has 1 heterocycles. The monoisotopic (exact) mass is 466 g/mol. The van der Waals surface area contributed by atoms with Gasteiger partial charge in [-0.05, 0) is 23.8 Å². The molecule has 1 unspecified atom stereocenters. The molecule has 0 spiro atoms. The van der Waals surface area contributed by atoms with Gasteiger partial charge in [-0.25, -0.2) is 0 Å². The van der Waals surface area contributed by atoms with Gasteiger partial charge in [0.2, 0.25) is 0 Å². The second-order valence-electron chi connectivity index (χ2n) is 3.87. The first-order chi connectivity index (χ1) is 9.20. The molecule has 0 saturated carbocycles. The summed E-state index contributed by atoms with van der Waals surface area (Å²) in [5, 5.41) is 0. The second-order valence-corrected chi connectivity index (χ2v) is 7.99. The first-order valence-electron chi connectivity index (χ1n) is 5.15. The van der Waals surface area contributed by atoms with Crippen molar-refractivity contribution in [3.8, 4) is 0 Å². The number of hydrogen-bond acceptors (Lipinski definition) is 1. The van der Waals surface area contributed by atoms with E-state index in [0.29, 0.717) is 18.7 Å². The molecule has 1 aromatic heterocycles. The lowest BCUT2D eigenvalue weighted by Gasteiger charge is -2.17. The number of thiophene rings is 1. The highest BCUT2D eigenvalue weighted by atomic mass is 79.9. The second kappa shape index (κ2) is 6.16.